The topological polar surface area (TPSA) is 69.5 Å². The number of benzene rings is 1. The average Bonchev–Trinajstić information content (AvgIpc) is 3.04. The Morgan fingerprint density at radius 3 is 2.84 bits per heavy atom. The molecule has 3 aromatic rings. The van der Waals surface area contributed by atoms with Gasteiger partial charge in [-0.15, -0.1) is 0 Å². The van der Waals surface area contributed by atoms with Crippen molar-refractivity contribution >= 4 is 16.8 Å². The minimum absolute atomic E-state index is 0.156. The predicted octanol–water partition coefficient (Wildman–Crippen LogP) is 2.34. The number of carbonyl (C=O) groups excluding carboxylic acids is 1. The molecule has 0 aliphatic rings. The average molecular weight is 344 g/mol. The van der Waals surface area contributed by atoms with E-state index < -0.39 is 5.82 Å². The van der Waals surface area contributed by atoms with Crippen molar-refractivity contribution in [1.82, 2.24) is 19.8 Å². The van der Waals surface area contributed by atoms with Crippen LogP contribution in [0.15, 0.2) is 36.7 Å². The molecule has 0 bridgehead atoms. The monoisotopic (exact) mass is 344 g/mol. The Hall–Kier alpha value is -2.84. The van der Waals surface area contributed by atoms with E-state index in [1.54, 1.807) is 24.4 Å². The highest BCUT2D eigenvalue weighted by molar-refractivity contribution is 5.94. The van der Waals surface area contributed by atoms with Gasteiger partial charge < -0.3 is 4.74 Å². The SMILES string of the molecule is COCc1nn(-c2ccnc3c(F)cccc23)cc1C(=O)N(C)OC. The van der Waals surface area contributed by atoms with Crippen LogP contribution in [0.3, 0.4) is 0 Å². The molecule has 0 aliphatic heterocycles. The number of hydroxylamine groups is 2. The van der Waals surface area contributed by atoms with Gasteiger partial charge >= 0.3 is 0 Å². The maximum absolute atomic E-state index is 14.0. The number of hydrogen-bond acceptors (Lipinski definition) is 5. The number of nitrogens with zero attached hydrogens (tertiary/aromatic N) is 4. The normalized spacial score (nSPS) is 11.0. The van der Waals surface area contributed by atoms with Crippen LogP contribution in [0.1, 0.15) is 16.1 Å². The van der Waals surface area contributed by atoms with Gasteiger partial charge in [-0.2, -0.15) is 5.10 Å². The molecule has 25 heavy (non-hydrogen) atoms. The molecule has 0 radical (unpaired) electrons. The summed E-state index contributed by atoms with van der Waals surface area (Å²) in [4.78, 5) is 21.5. The molecular weight excluding hydrogens is 327 g/mol. The number of methoxy groups -OCH3 is 1. The van der Waals surface area contributed by atoms with E-state index >= 15 is 0 Å². The number of amides is 1. The summed E-state index contributed by atoms with van der Waals surface area (Å²) >= 11 is 0. The van der Waals surface area contributed by atoms with Gasteiger partial charge in [0.25, 0.3) is 5.91 Å². The molecule has 130 valence electrons. The molecule has 0 unspecified atom stereocenters. The Labute approximate surface area is 143 Å². The molecule has 0 N–H and O–H groups in total. The molecule has 0 atom stereocenters. The molecule has 1 amide bonds. The Morgan fingerprint density at radius 1 is 1.32 bits per heavy atom. The maximum Gasteiger partial charge on any atom is 0.280 e. The van der Waals surface area contributed by atoms with E-state index in [1.165, 1.54) is 38.2 Å². The fourth-order valence-corrected chi connectivity index (χ4v) is 2.53. The number of ether oxygens (including phenoxy) is 1. The molecule has 0 saturated heterocycles. The lowest BCUT2D eigenvalue weighted by Crippen LogP contribution is -2.26. The Kier molecular flexibility index (Phi) is 4.73. The van der Waals surface area contributed by atoms with Gasteiger partial charge in [0.1, 0.15) is 17.0 Å². The highest BCUT2D eigenvalue weighted by Crippen LogP contribution is 2.23. The van der Waals surface area contributed by atoms with E-state index in [2.05, 4.69) is 10.1 Å². The number of carbonyl (C=O) groups is 1. The van der Waals surface area contributed by atoms with Crippen LogP contribution in [0.4, 0.5) is 4.39 Å². The van der Waals surface area contributed by atoms with Crippen LogP contribution in [0.5, 0.6) is 0 Å². The molecule has 8 heteroatoms. The molecule has 7 nitrogen and oxygen atoms in total. The van der Waals surface area contributed by atoms with Crippen LogP contribution in [0.25, 0.3) is 16.6 Å². The van der Waals surface area contributed by atoms with E-state index in [0.717, 1.165) is 5.06 Å². The first-order valence-electron chi connectivity index (χ1n) is 7.50. The van der Waals surface area contributed by atoms with Gasteiger partial charge in [-0.05, 0) is 12.1 Å². The van der Waals surface area contributed by atoms with Crippen molar-refractivity contribution in [3.8, 4) is 5.69 Å². The zero-order chi connectivity index (χ0) is 18.0. The third kappa shape index (κ3) is 3.09. The minimum Gasteiger partial charge on any atom is -0.378 e. The Bertz CT molecular complexity index is 925. The highest BCUT2D eigenvalue weighted by atomic mass is 19.1. The lowest BCUT2D eigenvalue weighted by atomic mass is 10.2. The highest BCUT2D eigenvalue weighted by Gasteiger charge is 2.21. The second kappa shape index (κ2) is 6.96. The summed E-state index contributed by atoms with van der Waals surface area (Å²) in [5.41, 5.74) is 1.65. The fourth-order valence-electron chi connectivity index (χ4n) is 2.53. The summed E-state index contributed by atoms with van der Waals surface area (Å²) < 4.78 is 20.6. The first-order valence-corrected chi connectivity index (χ1v) is 7.50. The van der Waals surface area contributed by atoms with Gasteiger partial charge in [0.05, 0.1) is 25.0 Å². The number of aromatic nitrogens is 3. The molecule has 0 aliphatic carbocycles. The van der Waals surface area contributed by atoms with Crippen LogP contribution in [0.2, 0.25) is 0 Å². The number of rotatable bonds is 5. The van der Waals surface area contributed by atoms with Crippen LogP contribution in [0, 0.1) is 5.82 Å². The first-order chi connectivity index (χ1) is 12.1. The van der Waals surface area contributed by atoms with Gasteiger partial charge in [-0.3, -0.25) is 14.6 Å². The molecule has 0 spiro atoms. The summed E-state index contributed by atoms with van der Waals surface area (Å²) in [6.07, 6.45) is 3.08. The van der Waals surface area contributed by atoms with Gasteiger partial charge in [-0.1, -0.05) is 12.1 Å². The third-order valence-corrected chi connectivity index (χ3v) is 3.81. The summed E-state index contributed by atoms with van der Waals surface area (Å²) in [6, 6.07) is 6.41. The lowest BCUT2D eigenvalue weighted by Gasteiger charge is -2.12. The minimum atomic E-state index is -0.418. The quantitative estimate of drug-likeness (QED) is 0.665. The third-order valence-electron chi connectivity index (χ3n) is 3.81. The summed E-state index contributed by atoms with van der Waals surface area (Å²) in [7, 11) is 4.43. The smallest absolute Gasteiger partial charge is 0.280 e. The maximum atomic E-state index is 14.0. The van der Waals surface area contributed by atoms with Crippen molar-refractivity contribution in [3.05, 3.63) is 53.7 Å². The van der Waals surface area contributed by atoms with Gasteiger partial charge in [-0.25, -0.2) is 14.1 Å². The number of para-hydroxylation sites is 1. The van der Waals surface area contributed by atoms with Gasteiger partial charge in [0, 0.05) is 31.9 Å². The van der Waals surface area contributed by atoms with Crippen LogP contribution < -0.4 is 0 Å². The van der Waals surface area contributed by atoms with Crippen LogP contribution in [-0.4, -0.2) is 47.0 Å². The van der Waals surface area contributed by atoms with E-state index in [0.29, 0.717) is 22.3 Å². The van der Waals surface area contributed by atoms with Gasteiger partial charge in [0.15, 0.2) is 0 Å². The Morgan fingerprint density at radius 2 is 2.12 bits per heavy atom. The van der Waals surface area contributed by atoms with Gasteiger partial charge in [0.2, 0.25) is 0 Å². The van der Waals surface area contributed by atoms with E-state index in [4.69, 9.17) is 9.57 Å². The summed E-state index contributed by atoms with van der Waals surface area (Å²) in [6.45, 7) is 0.156. The second-order valence-electron chi connectivity index (χ2n) is 5.32. The molecule has 2 aromatic heterocycles. The molecule has 0 fully saturated rings. The largest absolute Gasteiger partial charge is 0.378 e. The van der Waals surface area contributed by atoms with E-state index in [1.807, 2.05) is 0 Å². The molecular formula is C17H17FN4O3. The Balaban J connectivity index is 2.16. The fraction of sp³-hybridized carbons (Fsp3) is 0.235. The number of halogens is 1. The molecule has 0 saturated carbocycles. The van der Waals surface area contributed by atoms with Crippen molar-refractivity contribution < 1.29 is 18.8 Å². The van der Waals surface area contributed by atoms with Crippen molar-refractivity contribution in [2.75, 3.05) is 21.3 Å². The van der Waals surface area contributed by atoms with Crippen LogP contribution in [-0.2, 0) is 16.2 Å². The number of pyridine rings is 1. The van der Waals surface area contributed by atoms with E-state index in [9.17, 15) is 9.18 Å². The molecule has 2 heterocycles. The molecule has 1 aromatic carbocycles. The number of hydrogen-bond donors (Lipinski definition) is 0. The van der Waals surface area contributed by atoms with Crippen molar-refractivity contribution in [1.29, 1.82) is 0 Å². The number of fused-ring (bicyclic) bond motifs is 1. The second-order valence-corrected chi connectivity index (χ2v) is 5.32. The molecule has 3 rings (SSSR count). The van der Waals surface area contributed by atoms with Crippen molar-refractivity contribution in [2.45, 2.75) is 6.61 Å². The first kappa shape index (κ1) is 17.0. The lowest BCUT2D eigenvalue weighted by molar-refractivity contribution is -0.0758. The standard InChI is InChI=1S/C17H17FN4O3/c1-21(25-3)17(23)12-9-22(20-14(12)10-24-2)15-7-8-19-16-11(15)5-4-6-13(16)18/h4-9H,10H2,1-3H3. The van der Waals surface area contributed by atoms with Crippen molar-refractivity contribution in [3.63, 3.8) is 0 Å². The zero-order valence-corrected chi connectivity index (χ0v) is 14.1. The van der Waals surface area contributed by atoms with Crippen LogP contribution >= 0.6 is 0 Å². The predicted molar refractivity (Wildman–Crippen MR) is 88.6 cm³/mol. The van der Waals surface area contributed by atoms with E-state index in [-0.39, 0.29) is 18.0 Å². The summed E-state index contributed by atoms with van der Waals surface area (Å²) in [5.74, 6) is -0.774. The zero-order valence-electron chi connectivity index (χ0n) is 14.1. The summed E-state index contributed by atoms with van der Waals surface area (Å²) in [5, 5.41) is 6.12. The van der Waals surface area contributed by atoms with Crippen molar-refractivity contribution in [2.24, 2.45) is 0 Å².